The van der Waals surface area contributed by atoms with Crippen LogP contribution in [0.4, 0.5) is 0 Å². The van der Waals surface area contributed by atoms with E-state index in [4.69, 9.17) is 19.2 Å². The van der Waals surface area contributed by atoms with Crippen molar-refractivity contribution in [2.75, 3.05) is 47.1 Å². The number of nitrogens with one attached hydrogen (secondary N) is 2. The molecule has 0 amide bonds. The highest BCUT2D eigenvalue weighted by molar-refractivity contribution is 5.79. The number of methoxy groups -OCH3 is 2. The molecule has 0 spiro atoms. The van der Waals surface area contributed by atoms with Crippen LogP contribution in [0.2, 0.25) is 0 Å². The van der Waals surface area contributed by atoms with E-state index in [-0.39, 0.29) is 0 Å². The Bertz CT molecular complexity index is 586. The van der Waals surface area contributed by atoms with Crippen LogP contribution in [-0.4, -0.2) is 53.1 Å². The van der Waals surface area contributed by atoms with Crippen molar-refractivity contribution >= 4 is 5.96 Å². The fourth-order valence-corrected chi connectivity index (χ4v) is 3.72. The van der Waals surface area contributed by atoms with Crippen molar-refractivity contribution in [3.63, 3.8) is 0 Å². The molecule has 0 aromatic heterocycles. The summed E-state index contributed by atoms with van der Waals surface area (Å²) >= 11 is 0. The summed E-state index contributed by atoms with van der Waals surface area (Å²) in [4.78, 5) is 4.78. The third kappa shape index (κ3) is 7.68. The number of hydrogen-bond donors (Lipinski definition) is 2. The fourth-order valence-electron chi connectivity index (χ4n) is 3.72. The summed E-state index contributed by atoms with van der Waals surface area (Å²) in [5.41, 5.74) is 1.46. The summed E-state index contributed by atoms with van der Waals surface area (Å²) in [6.45, 7) is 6.46. The van der Waals surface area contributed by atoms with Crippen molar-refractivity contribution in [3.05, 3.63) is 29.8 Å². The molecule has 28 heavy (non-hydrogen) atoms. The molecule has 0 aliphatic heterocycles. The Morgan fingerprint density at radius 2 is 1.86 bits per heavy atom. The first-order chi connectivity index (χ1) is 13.7. The Balaban J connectivity index is 1.93. The molecule has 1 aromatic rings. The molecule has 1 aromatic carbocycles. The molecular formula is C22H37N3O3. The van der Waals surface area contributed by atoms with Gasteiger partial charge >= 0.3 is 0 Å². The first kappa shape index (κ1) is 22.5. The van der Waals surface area contributed by atoms with Crippen LogP contribution in [0.15, 0.2) is 29.3 Å². The van der Waals surface area contributed by atoms with Crippen molar-refractivity contribution in [2.45, 2.75) is 45.6 Å². The molecule has 0 saturated heterocycles. The molecule has 0 radical (unpaired) electrons. The van der Waals surface area contributed by atoms with Crippen LogP contribution < -0.4 is 15.4 Å². The highest BCUT2D eigenvalue weighted by atomic mass is 16.5. The molecule has 2 rings (SSSR count). The van der Waals surface area contributed by atoms with Crippen LogP contribution >= 0.6 is 0 Å². The van der Waals surface area contributed by atoms with Gasteiger partial charge in [-0.1, -0.05) is 25.0 Å². The molecule has 1 saturated carbocycles. The third-order valence-electron chi connectivity index (χ3n) is 5.35. The van der Waals surface area contributed by atoms with E-state index >= 15 is 0 Å². The van der Waals surface area contributed by atoms with Crippen LogP contribution in [0.3, 0.4) is 0 Å². The van der Waals surface area contributed by atoms with Crippen molar-refractivity contribution in [1.82, 2.24) is 10.6 Å². The predicted octanol–water partition coefficient (Wildman–Crippen LogP) is 3.36. The van der Waals surface area contributed by atoms with Crippen molar-refractivity contribution in [1.29, 1.82) is 0 Å². The third-order valence-corrected chi connectivity index (χ3v) is 5.35. The maximum atomic E-state index is 5.69. The lowest BCUT2D eigenvalue weighted by atomic mass is 9.83. The zero-order chi connectivity index (χ0) is 20.1. The summed E-state index contributed by atoms with van der Waals surface area (Å²) in [5, 5.41) is 6.94. The maximum Gasteiger partial charge on any atom is 0.191 e. The number of hydrogen-bond acceptors (Lipinski definition) is 4. The number of ether oxygens (including phenoxy) is 3. The molecule has 0 unspecified atom stereocenters. The lowest BCUT2D eigenvalue weighted by molar-refractivity contribution is 0.138. The number of nitrogens with zero attached hydrogens (tertiary/aromatic N) is 1. The minimum atomic E-state index is 0.335. The smallest absolute Gasteiger partial charge is 0.191 e. The van der Waals surface area contributed by atoms with Gasteiger partial charge in [0, 0.05) is 33.9 Å². The normalized spacial score (nSPS) is 16.2. The highest BCUT2D eigenvalue weighted by Crippen LogP contribution is 2.40. The minimum Gasteiger partial charge on any atom is -0.491 e. The van der Waals surface area contributed by atoms with Gasteiger partial charge in [-0.15, -0.1) is 0 Å². The van der Waals surface area contributed by atoms with Gasteiger partial charge in [0.05, 0.1) is 13.2 Å². The molecule has 158 valence electrons. The quantitative estimate of drug-likeness (QED) is 0.325. The summed E-state index contributed by atoms with van der Waals surface area (Å²) in [6.07, 6.45) is 6.27. The molecule has 0 atom stereocenters. The number of benzene rings is 1. The molecular weight excluding hydrogens is 354 g/mol. The van der Waals surface area contributed by atoms with Gasteiger partial charge in [0.25, 0.3) is 0 Å². The van der Waals surface area contributed by atoms with Gasteiger partial charge in [0.1, 0.15) is 12.4 Å². The monoisotopic (exact) mass is 391 g/mol. The van der Waals surface area contributed by atoms with Crippen molar-refractivity contribution in [3.8, 4) is 5.75 Å². The van der Waals surface area contributed by atoms with E-state index in [9.17, 15) is 0 Å². The Kier molecular flexibility index (Phi) is 10.1. The molecule has 0 heterocycles. The predicted molar refractivity (Wildman–Crippen MR) is 114 cm³/mol. The summed E-state index contributed by atoms with van der Waals surface area (Å²) < 4.78 is 16.1. The van der Waals surface area contributed by atoms with Crippen molar-refractivity contribution in [2.24, 2.45) is 10.4 Å². The lowest BCUT2D eigenvalue weighted by Crippen LogP contribution is -2.43. The standard InChI is InChI=1S/C22H37N3O3/c1-4-23-21(25-18-22(12-13-26-2)10-5-6-11-22)24-17-19-8-7-9-20(16-19)28-15-14-27-3/h7-9,16H,4-6,10-15,17-18H2,1-3H3,(H2,23,24,25). The van der Waals surface area contributed by atoms with Gasteiger partial charge in [0.15, 0.2) is 5.96 Å². The zero-order valence-corrected chi connectivity index (χ0v) is 17.8. The number of rotatable bonds is 12. The molecule has 1 fully saturated rings. The van der Waals surface area contributed by atoms with Crippen LogP contribution in [0.1, 0.15) is 44.6 Å². The molecule has 2 N–H and O–H groups in total. The first-order valence-electron chi connectivity index (χ1n) is 10.4. The second-order valence-corrected chi connectivity index (χ2v) is 7.49. The van der Waals surface area contributed by atoms with Crippen LogP contribution in [-0.2, 0) is 16.0 Å². The zero-order valence-electron chi connectivity index (χ0n) is 17.8. The highest BCUT2D eigenvalue weighted by Gasteiger charge is 2.33. The van der Waals surface area contributed by atoms with E-state index in [1.54, 1.807) is 14.2 Å². The molecule has 1 aliphatic carbocycles. The van der Waals surface area contributed by atoms with Gasteiger partial charge in [-0.05, 0) is 49.3 Å². The van der Waals surface area contributed by atoms with Gasteiger partial charge in [-0.25, -0.2) is 4.99 Å². The summed E-state index contributed by atoms with van der Waals surface area (Å²) in [6, 6.07) is 8.09. The molecule has 1 aliphatic rings. The van der Waals surface area contributed by atoms with Crippen LogP contribution in [0, 0.1) is 5.41 Å². The van der Waals surface area contributed by atoms with Gasteiger partial charge < -0.3 is 24.8 Å². The van der Waals surface area contributed by atoms with E-state index in [0.717, 1.165) is 43.4 Å². The number of aliphatic imine (C=N–C) groups is 1. The van der Waals surface area contributed by atoms with E-state index in [1.807, 2.05) is 18.2 Å². The van der Waals surface area contributed by atoms with Gasteiger partial charge in [-0.3, -0.25) is 0 Å². The first-order valence-corrected chi connectivity index (χ1v) is 10.4. The van der Waals surface area contributed by atoms with Gasteiger partial charge in [-0.2, -0.15) is 0 Å². The lowest BCUT2D eigenvalue weighted by Gasteiger charge is -2.30. The Morgan fingerprint density at radius 3 is 2.57 bits per heavy atom. The fraction of sp³-hybridized carbons (Fsp3) is 0.682. The van der Waals surface area contributed by atoms with Crippen molar-refractivity contribution < 1.29 is 14.2 Å². The summed E-state index contributed by atoms with van der Waals surface area (Å²) in [7, 11) is 3.46. The van der Waals surface area contributed by atoms with E-state index in [2.05, 4.69) is 23.6 Å². The number of guanidine groups is 1. The maximum absolute atomic E-state index is 5.69. The summed E-state index contributed by atoms with van der Waals surface area (Å²) in [5.74, 6) is 1.73. The second kappa shape index (κ2) is 12.6. The van der Waals surface area contributed by atoms with E-state index < -0.39 is 0 Å². The Hall–Kier alpha value is -1.79. The largest absolute Gasteiger partial charge is 0.491 e. The average Bonchev–Trinajstić information content (AvgIpc) is 3.18. The molecule has 0 bridgehead atoms. The Labute approximate surface area is 170 Å². The molecule has 6 heteroatoms. The van der Waals surface area contributed by atoms with Crippen LogP contribution in [0.25, 0.3) is 0 Å². The second-order valence-electron chi connectivity index (χ2n) is 7.49. The van der Waals surface area contributed by atoms with E-state index in [1.165, 1.54) is 25.7 Å². The van der Waals surface area contributed by atoms with Gasteiger partial charge in [0.2, 0.25) is 0 Å². The molecule has 6 nitrogen and oxygen atoms in total. The average molecular weight is 392 g/mol. The SMILES string of the molecule is CCNC(=NCc1cccc(OCCOC)c1)NCC1(CCOC)CCCC1. The Morgan fingerprint density at radius 1 is 1.07 bits per heavy atom. The topological polar surface area (TPSA) is 64.1 Å². The van der Waals surface area contributed by atoms with E-state index in [0.29, 0.717) is 25.2 Å². The minimum absolute atomic E-state index is 0.335. The van der Waals surface area contributed by atoms with Crippen LogP contribution in [0.5, 0.6) is 5.75 Å².